The summed E-state index contributed by atoms with van der Waals surface area (Å²) in [6, 6.07) is 12.8. The lowest BCUT2D eigenvalue weighted by molar-refractivity contribution is 0.420. The summed E-state index contributed by atoms with van der Waals surface area (Å²) in [6.45, 7) is 2.92. The van der Waals surface area contributed by atoms with E-state index in [1.807, 2.05) is 12.1 Å². The van der Waals surface area contributed by atoms with E-state index >= 15 is 0 Å². The van der Waals surface area contributed by atoms with Crippen LogP contribution in [0.3, 0.4) is 0 Å². The average Bonchev–Trinajstić information content (AvgIpc) is 2.38. The molecule has 1 fully saturated rings. The lowest BCUT2D eigenvalue weighted by Crippen LogP contribution is -2.08. The van der Waals surface area contributed by atoms with Crippen molar-refractivity contribution < 1.29 is 0 Å². The fourth-order valence-corrected chi connectivity index (χ4v) is 2.46. The number of rotatable bonds is 4. The summed E-state index contributed by atoms with van der Waals surface area (Å²) >= 11 is 0. The fourth-order valence-electron chi connectivity index (χ4n) is 2.46. The number of hydrogen-bond acceptors (Lipinski definition) is 3. The summed E-state index contributed by atoms with van der Waals surface area (Å²) in [5.74, 6) is 1.59. The molecule has 3 heteroatoms. The largest absolute Gasteiger partial charge is 0.369 e. The Balaban J connectivity index is 1.84. The van der Waals surface area contributed by atoms with E-state index in [2.05, 4.69) is 46.7 Å². The molecule has 19 heavy (non-hydrogen) atoms. The summed E-state index contributed by atoms with van der Waals surface area (Å²) < 4.78 is 0. The van der Waals surface area contributed by atoms with Crippen molar-refractivity contribution in [2.24, 2.45) is 0 Å². The van der Waals surface area contributed by atoms with Crippen LogP contribution in [0.25, 0.3) is 11.3 Å². The maximum Gasteiger partial charge on any atom is 0.148 e. The maximum atomic E-state index is 4.30. The lowest BCUT2D eigenvalue weighted by atomic mass is 9.79. The minimum absolute atomic E-state index is 0.758. The van der Waals surface area contributed by atoms with Gasteiger partial charge in [0.2, 0.25) is 0 Å². The Bertz CT molecular complexity index is 544. The van der Waals surface area contributed by atoms with E-state index < -0.39 is 0 Å². The molecule has 0 saturated heterocycles. The zero-order chi connectivity index (χ0) is 13.1. The van der Waals surface area contributed by atoms with Gasteiger partial charge in [0, 0.05) is 12.1 Å². The predicted octanol–water partition coefficient (Wildman–Crippen LogP) is 3.84. The highest BCUT2D eigenvalue weighted by Gasteiger charge is 2.19. The molecule has 0 radical (unpaired) electrons. The molecule has 3 rings (SSSR count). The number of aromatic nitrogens is 2. The summed E-state index contributed by atoms with van der Waals surface area (Å²) in [6.07, 6.45) is 4.02. The van der Waals surface area contributed by atoms with E-state index in [-0.39, 0.29) is 0 Å². The van der Waals surface area contributed by atoms with Crippen LogP contribution in [-0.2, 0) is 0 Å². The van der Waals surface area contributed by atoms with Gasteiger partial charge in [0.15, 0.2) is 0 Å². The van der Waals surface area contributed by atoms with E-state index in [1.54, 1.807) is 0 Å². The van der Waals surface area contributed by atoms with Gasteiger partial charge in [-0.3, -0.25) is 0 Å². The zero-order valence-electron chi connectivity index (χ0n) is 11.3. The van der Waals surface area contributed by atoms with Crippen molar-refractivity contribution in [1.29, 1.82) is 0 Å². The summed E-state index contributed by atoms with van der Waals surface area (Å²) in [7, 11) is 0. The van der Waals surface area contributed by atoms with Gasteiger partial charge >= 0.3 is 0 Å². The predicted molar refractivity (Wildman–Crippen MR) is 78.2 cm³/mol. The van der Waals surface area contributed by atoms with Crippen molar-refractivity contribution in [2.45, 2.75) is 32.1 Å². The fraction of sp³-hybridized carbons (Fsp3) is 0.375. The second-order valence-corrected chi connectivity index (χ2v) is 5.09. The molecule has 1 aromatic carbocycles. The third-order valence-corrected chi connectivity index (χ3v) is 3.78. The third kappa shape index (κ3) is 2.60. The first-order valence-electron chi connectivity index (χ1n) is 7.05. The maximum absolute atomic E-state index is 4.30. The summed E-state index contributed by atoms with van der Waals surface area (Å²) in [5.41, 5.74) is 3.56. The molecule has 0 amide bonds. The van der Waals surface area contributed by atoms with Crippen LogP contribution in [0.4, 0.5) is 5.82 Å². The van der Waals surface area contributed by atoms with Crippen LogP contribution in [0, 0.1) is 0 Å². The van der Waals surface area contributed by atoms with Crippen LogP contribution in [0.1, 0.15) is 37.7 Å². The molecule has 3 nitrogen and oxygen atoms in total. The van der Waals surface area contributed by atoms with Gasteiger partial charge in [-0.1, -0.05) is 24.6 Å². The van der Waals surface area contributed by atoms with Crippen LogP contribution in [-0.4, -0.2) is 16.7 Å². The quantitative estimate of drug-likeness (QED) is 0.899. The van der Waals surface area contributed by atoms with E-state index in [0.29, 0.717) is 0 Å². The molecule has 1 N–H and O–H groups in total. The van der Waals surface area contributed by atoms with Crippen LogP contribution in [0.2, 0.25) is 0 Å². The van der Waals surface area contributed by atoms with Crippen LogP contribution < -0.4 is 5.32 Å². The molecule has 98 valence electrons. The van der Waals surface area contributed by atoms with Crippen LogP contribution in [0.5, 0.6) is 0 Å². The van der Waals surface area contributed by atoms with E-state index in [4.69, 9.17) is 0 Å². The highest BCUT2D eigenvalue weighted by Crippen LogP contribution is 2.37. The van der Waals surface area contributed by atoms with Crippen molar-refractivity contribution in [1.82, 2.24) is 10.2 Å². The number of nitrogens with zero attached hydrogens (tertiary/aromatic N) is 2. The van der Waals surface area contributed by atoms with Gasteiger partial charge in [-0.05, 0) is 49.4 Å². The Morgan fingerprint density at radius 1 is 1.16 bits per heavy atom. The molecule has 0 bridgehead atoms. The lowest BCUT2D eigenvalue weighted by Gasteiger charge is -2.26. The standard InChI is InChI=1S/C16H19N3/c1-2-17-16-10-9-15(18-19-16)14-8-4-7-13(11-14)12-5-3-6-12/h4,7-12H,2-3,5-6H2,1H3,(H,17,19). The van der Waals surface area contributed by atoms with Crippen LogP contribution in [0.15, 0.2) is 36.4 Å². The minimum atomic E-state index is 0.758. The minimum Gasteiger partial charge on any atom is -0.369 e. The number of hydrogen-bond donors (Lipinski definition) is 1. The Kier molecular flexibility index (Phi) is 3.45. The first-order valence-corrected chi connectivity index (χ1v) is 7.05. The number of anilines is 1. The average molecular weight is 253 g/mol. The Labute approximate surface area is 114 Å². The van der Waals surface area contributed by atoms with Crippen molar-refractivity contribution >= 4 is 5.82 Å². The molecule has 0 atom stereocenters. The molecule has 1 saturated carbocycles. The van der Waals surface area contributed by atoms with Crippen molar-refractivity contribution in [2.75, 3.05) is 11.9 Å². The molecule has 1 aliphatic rings. The Morgan fingerprint density at radius 3 is 2.68 bits per heavy atom. The molecular weight excluding hydrogens is 234 g/mol. The van der Waals surface area contributed by atoms with Crippen LogP contribution >= 0.6 is 0 Å². The molecule has 2 aromatic rings. The molecule has 1 aromatic heterocycles. The first-order chi connectivity index (χ1) is 9.36. The van der Waals surface area contributed by atoms with E-state index in [9.17, 15) is 0 Å². The van der Waals surface area contributed by atoms with Gasteiger partial charge in [-0.15, -0.1) is 10.2 Å². The highest BCUT2D eigenvalue weighted by molar-refractivity contribution is 5.60. The molecule has 0 aliphatic heterocycles. The van der Waals surface area contributed by atoms with Crippen molar-refractivity contribution in [3.8, 4) is 11.3 Å². The third-order valence-electron chi connectivity index (χ3n) is 3.78. The monoisotopic (exact) mass is 253 g/mol. The Hall–Kier alpha value is -1.90. The Morgan fingerprint density at radius 2 is 2.05 bits per heavy atom. The summed E-state index contributed by atoms with van der Waals surface area (Å²) in [4.78, 5) is 0. The zero-order valence-corrected chi connectivity index (χ0v) is 11.3. The first kappa shape index (κ1) is 12.2. The smallest absolute Gasteiger partial charge is 0.148 e. The second kappa shape index (κ2) is 5.39. The SMILES string of the molecule is CCNc1ccc(-c2cccc(C3CCC3)c2)nn1. The van der Waals surface area contributed by atoms with Gasteiger partial charge in [0.25, 0.3) is 0 Å². The number of nitrogens with one attached hydrogen (secondary N) is 1. The van der Waals surface area contributed by atoms with Crippen molar-refractivity contribution in [3.63, 3.8) is 0 Å². The topological polar surface area (TPSA) is 37.8 Å². The van der Waals surface area contributed by atoms with E-state index in [1.165, 1.54) is 30.4 Å². The van der Waals surface area contributed by atoms with Gasteiger partial charge in [0.05, 0.1) is 5.69 Å². The van der Waals surface area contributed by atoms with Gasteiger partial charge < -0.3 is 5.32 Å². The van der Waals surface area contributed by atoms with Crippen molar-refractivity contribution in [3.05, 3.63) is 42.0 Å². The molecule has 1 aliphatic carbocycles. The molecular formula is C16H19N3. The second-order valence-electron chi connectivity index (χ2n) is 5.09. The number of benzene rings is 1. The molecule has 1 heterocycles. The van der Waals surface area contributed by atoms with Gasteiger partial charge in [-0.2, -0.15) is 0 Å². The highest BCUT2D eigenvalue weighted by atomic mass is 15.2. The molecule has 0 unspecified atom stereocenters. The summed E-state index contributed by atoms with van der Waals surface area (Å²) in [5, 5.41) is 11.7. The van der Waals surface area contributed by atoms with E-state index in [0.717, 1.165) is 24.0 Å². The van der Waals surface area contributed by atoms with Gasteiger partial charge in [0.1, 0.15) is 5.82 Å². The van der Waals surface area contributed by atoms with Gasteiger partial charge in [-0.25, -0.2) is 0 Å². The molecule has 0 spiro atoms. The normalized spacial score (nSPS) is 15.0.